The molecule has 1 fully saturated rings. The van der Waals surface area contributed by atoms with Crippen LogP contribution in [0.25, 0.3) is 0 Å². The third-order valence-electron chi connectivity index (χ3n) is 3.20. The van der Waals surface area contributed by atoms with E-state index in [9.17, 15) is 28.6 Å². The minimum atomic E-state index is -2.48. The maximum Gasteiger partial charge on any atom is 0.330 e. The van der Waals surface area contributed by atoms with Crippen molar-refractivity contribution < 1.29 is 28.8 Å². The lowest BCUT2D eigenvalue weighted by Gasteiger charge is -2.26. The summed E-state index contributed by atoms with van der Waals surface area (Å²) in [6.07, 6.45) is -4.42. The summed E-state index contributed by atoms with van der Waals surface area (Å²) >= 11 is 0. The molecule has 4 atom stereocenters. The van der Waals surface area contributed by atoms with Gasteiger partial charge in [-0.05, 0) is 0 Å². The van der Waals surface area contributed by atoms with E-state index >= 15 is 0 Å². The molecule has 0 saturated carbocycles. The fourth-order valence-electron chi connectivity index (χ4n) is 2.14. The van der Waals surface area contributed by atoms with Crippen molar-refractivity contribution in [1.82, 2.24) is 9.55 Å². The number of ether oxygens (including phenoxy) is 1. The first-order valence-corrected chi connectivity index (χ1v) is 6.09. The monoisotopic (exact) mass is 318 g/mol. The zero-order chi connectivity index (χ0) is 16.5. The van der Waals surface area contributed by atoms with Crippen molar-refractivity contribution in [3.05, 3.63) is 32.9 Å². The Labute approximate surface area is 121 Å². The maximum atomic E-state index is 13.3. The van der Waals surface area contributed by atoms with Gasteiger partial charge in [-0.2, -0.15) is 4.39 Å². The molecule has 1 aliphatic rings. The second kappa shape index (κ2) is 5.98. The van der Waals surface area contributed by atoms with Gasteiger partial charge < -0.3 is 20.1 Å². The number of aromatic amines is 1. The van der Waals surface area contributed by atoms with E-state index in [1.54, 1.807) is 4.98 Å². The molecule has 1 aliphatic heterocycles. The Morgan fingerprint density at radius 1 is 1.50 bits per heavy atom. The first-order chi connectivity index (χ1) is 10.3. The zero-order valence-corrected chi connectivity index (χ0v) is 11.0. The van der Waals surface area contributed by atoms with Crippen LogP contribution in [0.15, 0.2) is 15.8 Å². The first kappa shape index (κ1) is 16.3. The van der Waals surface area contributed by atoms with Crippen LogP contribution in [-0.4, -0.2) is 56.0 Å². The molecular formula is C12H12F2N2O6. The lowest BCUT2D eigenvalue weighted by atomic mass is 9.94. The Balaban J connectivity index is 2.59. The van der Waals surface area contributed by atoms with Crippen LogP contribution >= 0.6 is 0 Å². The van der Waals surface area contributed by atoms with E-state index in [0.717, 1.165) is 0 Å². The van der Waals surface area contributed by atoms with E-state index in [4.69, 9.17) is 9.84 Å². The summed E-state index contributed by atoms with van der Waals surface area (Å²) in [5.74, 6) is 2.54. The van der Waals surface area contributed by atoms with Crippen molar-refractivity contribution in [2.45, 2.75) is 24.0 Å². The van der Waals surface area contributed by atoms with Gasteiger partial charge in [0.25, 0.3) is 5.56 Å². The van der Waals surface area contributed by atoms with Crippen LogP contribution in [0.1, 0.15) is 6.23 Å². The molecule has 4 N–H and O–H groups in total. The van der Waals surface area contributed by atoms with E-state index in [1.165, 1.54) is 0 Å². The predicted octanol–water partition coefficient (Wildman–Crippen LogP) is -2.37. The van der Waals surface area contributed by atoms with Crippen molar-refractivity contribution >= 4 is 0 Å². The SMILES string of the molecule is O=c1[nH]c(=O)n(C2OC(CO)C(O)C2(O)C#CCF)cc1F. The van der Waals surface area contributed by atoms with Crippen molar-refractivity contribution in [2.24, 2.45) is 0 Å². The molecule has 0 aliphatic carbocycles. The highest BCUT2D eigenvalue weighted by molar-refractivity contribution is 5.23. The van der Waals surface area contributed by atoms with E-state index in [0.29, 0.717) is 10.8 Å². The average Bonchev–Trinajstić information content (AvgIpc) is 2.73. The normalized spacial score (nSPS) is 30.9. The Morgan fingerprint density at radius 2 is 2.18 bits per heavy atom. The molecule has 0 bridgehead atoms. The summed E-state index contributed by atoms with van der Waals surface area (Å²) in [5.41, 5.74) is -4.90. The van der Waals surface area contributed by atoms with E-state index < -0.39 is 54.4 Å². The van der Waals surface area contributed by atoms with Crippen LogP contribution in [0.4, 0.5) is 8.78 Å². The van der Waals surface area contributed by atoms with Crippen molar-refractivity contribution in [3.63, 3.8) is 0 Å². The number of hydrogen-bond acceptors (Lipinski definition) is 6. The van der Waals surface area contributed by atoms with Gasteiger partial charge in [-0.25, -0.2) is 9.18 Å². The second-order valence-electron chi connectivity index (χ2n) is 4.56. The number of nitrogens with zero attached hydrogens (tertiary/aromatic N) is 1. The highest BCUT2D eigenvalue weighted by Gasteiger charge is 2.56. The number of alkyl halides is 1. The number of aliphatic hydroxyl groups excluding tert-OH is 2. The third kappa shape index (κ3) is 2.55. The van der Waals surface area contributed by atoms with Crippen LogP contribution in [-0.2, 0) is 4.74 Å². The Kier molecular flexibility index (Phi) is 4.43. The van der Waals surface area contributed by atoms with Crippen LogP contribution in [0, 0.1) is 17.7 Å². The molecule has 2 heterocycles. The fourth-order valence-corrected chi connectivity index (χ4v) is 2.14. The molecule has 0 amide bonds. The lowest BCUT2D eigenvalue weighted by Crippen LogP contribution is -2.48. The lowest BCUT2D eigenvalue weighted by molar-refractivity contribution is -0.0770. The highest BCUT2D eigenvalue weighted by atomic mass is 19.1. The van der Waals surface area contributed by atoms with Crippen LogP contribution in [0.3, 0.4) is 0 Å². The van der Waals surface area contributed by atoms with Gasteiger partial charge in [0.15, 0.2) is 11.8 Å². The molecule has 0 spiro atoms. The summed E-state index contributed by atoms with van der Waals surface area (Å²) in [4.78, 5) is 24.4. The number of aromatic nitrogens is 2. The molecule has 22 heavy (non-hydrogen) atoms. The summed E-state index contributed by atoms with van der Waals surface area (Å²) in [6, 6.07) is 0. The maximum absolute atomic E-state index is 13.3. The number of halogens is 2. The molecule has 0 radical (unpaired) electrons. The van der Waals surface area contributed by atoms with Gasteiger partial charge in [0.1, 0.15) is 18.9 Å². The van der Waals surface area contributed by atoms with Gasteiger partial charge in [-0.15, -0.1) is 0 Å². The summed E-state index contributed by atoms with van der Waals surface area (Å²) < 4.78 is 31.1. The molecule has 1 saturated heterocycles. The summed E-state index contributed by atoms with van der Waals surface area (Å²) in [7, 11) is 0. The first-order valence-electron chi connectivity index (χ1n) is 6.09. The average molecular weight is 318 g/mol. The zero-order valence-electron chi connectivity index (χ0n) is 11.0. The van der Waals surface area contributed by atoms with Gasteiger partial charge in [0.05, 0.1) is 12.8 Å². The Hall–Kier alpha value is -2.06. The van der Waals surface area contributed by atoms with Gasteiger partial charge >= 0.3 is 5.69 Å². The standard InChI is InChI=1S/C12H12F2N2O6/c13-3-1-2-12(21)8(18)7(5-17)22-10(12)16-4-6(14)9(19)15-11(16)20/h4,7-8,10,17-18,21H,3,5H2,(H,15,19,20). The van der Waals surface area contributed by atoms with E-state index in [2.05, 4.69) is 0 Å². The molecule has 0 aromatic carbocycles. The number of hydrogen-bond donors (Lipinski definition) is 4. The number of H-pyrrole nitrogens is 1. The van der Waals surface area contributed by atoms with Crippen molar-refractivity contribution in [2.75, 3.05) is 13.3 Å². The third-order valence-corrected chi connectivity index (χ3v) is 3.20. The summed E-state index contributed by atoms with van der Waals surface area (Å²) in [5, 5.41) is 29.4. The predicted molar refractivity (Wildman–Crippen MR) is 67.0 cm³/mol. The molecule has 1 aromatic heterocycles. The Morgan fingerprint density at radius 3 is 2.77 bits per heavy atom. The summed E-state index contributed by atoms with van der Waals surface area (Å²) in [6.45, 7) is -1.89. The number of nitrogens with one attached hydrogen (secondary N) is 1. The molecule has 8 nitrogen and oxygen atoms in total. The molecular weight excluding hydrogens is 306 g/mol. The van der Waals surface area contributed by atoms with Crippen molar-refractivity contribution in [3.8, 4) is 11.8 Å². The highest BCUT2D eigenvalue weighted by Crippen LogP contribution is 2.37. The van der Waals surface area contributed by atoms with E-state index in [-0.39, 0.29) is 0 Å². The largest absolute Gasteiger partial charge is 0.394 e. The smallest absolute Gasteiger partial charge is 0.330 e. The fraction of sp³-hybridized carbons (Fsp3) is 0.500. The van der Waals surface area contributed by atoms with Gasteiger partial charge in [-0.3, -0.25) is 14.3 Å². The topological polar surface area (TPSA) is 125 Å². The van der Waals surface area contributed by atoms with Gasteiger partial charge in [0, 0.05) is 0 Å². The van der Waals surface area contributed by atoms with Gasteiger partial charge in [0.2, 0.25) is 5.82 Å². The Bertz CT molecular complexity index is 736. The van der Waals surface area contributed by atoms with E-state index in [1.807, 2.05) is 11.8 Å². The molecule has 2 rings (SSSR count). The van der Waals surface area contributed by atoms with Crippen LogP contribution in [0.5, 0.6) is 0 Å². The van der Waals surface area contributed by atoms with Crippen molar-refractivity contribution in [1.29, 1.82) is 0 Å². The quantitative estimate of drug-likeness (QED) is 0.452. The minimum absolute atomic E-state index is 0.459. The molecule has 4 unspecified atom stereocenters. The second-order valence-corrected chi connectivity index (χ2v) is 4.56. The van der Waals surface area contributed by atoms with Crippen LogP contribution in [0.2, 0.25) is 0 Å². The van der Waals surface area contributed by atoms with Crippen LogP contribution < -0.4 is 11.2 Å². The molecule has 10 heteroatoms. The number of aliphatic hydroxyl groups is 3. The molecule has 120 valence electrons. The minimum Gasteiger partial charge on any atom is -0.394 e. The number of rotatable bonds is 2. The van der Waals surface area contributed by atoms with Gasteiger partial charge in [-0.1, -0.05) is 11.8 Å². The molecule has 1 aromatic rings.